The van der Waals surface area contributed by atoms with Gasteiger partial charge in [0.25, 0.3) is 4.96 Å². The standard InChI is InChI=1S/C14H14N4O2S/c1-2-3-10-4-6-11(7-5-10)15-12-13(18(19)20)17-8-9-21-14(17)16-12/h4-9,15H,2-3H2,1H3. The van der Waals surface area contributed by atoms with Crippen LogP contribution in [0.15, 0.2) is 35.8 Å². The Morgan fingerprint density at radius 1 is 1.38 bits per heavy atom. The van der Waals surface area contributed by atoms with Gasteiger partial charge < -0.3 is 15.4 Å². The number of imidazole rings is 1. The summed E-state index contributed by atoms with van der Waals surface area (Å²) in [7, 11) is 0. The summed E-state index contributed by atoms with van der Waals surface area (Å²) in [5.41, 5.74) is 2.05. The number of nitrogens with one attached hydrogen (secondary N) is 1. The van der Waals surface area contributed by atoms with Gasteiger partial charge in [-0.05, 0) is 29.0 Å². The third-order valence-corrected chi connectivity index (χ3v) is 3.92. The maximum atomic E-state index is 11.2. The van der Waals surface area contributed by atoms with Crippen LogP contribution in [-0.2, 0) is 6.42 Å². The fraction of sp³-hybridized carbons (Fsp3) is 0.214. The molecule has 0 fully saturated rings. The van der Waals surface area contributed by atoms with Gasteiger partial charge in [-0.1, -0.05) is 36.8 Å². The predicted molar refractivity (Wildman–Crippen MR) is 83.4 cm³/mol. The molecule has 2 aromatic heterocycles. The van der Waals surface area contributed by atoms with E-state index in [4.69, 9.17) is 0 Å². The van der Waals surface area contributed by atoms with Gasteiger partial charge in [0.2, 0.25) is 5.82 Å². The number of aryl methyl sites for hydroxylation is 1. The number of nitrogens with zero attached hydrogens (tertiary/aromatic N) is 3. The molecule has 21 heavy (non-hydrogen) atoms. The largest absolute Gasteiger partial charge is 0.373 e. The second-order valence-electron chi connectivity index (χ2n) is 4.67. The Kier molecular flexibility index (Phi) is 3.57. The first-order valence-corrected chi connectivity index (χ1v) is 7.53. The maximum Gasteiger partial charge on any atom is 0.373 e. The van der Waals surface area contributed by atoms with Gasteiger partial charge in [0, 0.05) is 11.1 Å². The van der Waals surface area contributed by atoms with Crippen LogP contribution in [-0.4, -0.2) is 14.3 Å². The van der Waals surface area contributed by atoms with Crippen LogP contribution in [0.4, 0.5) is 17.3 Å². The summed E-state index contributed by atoms with van der Waals surface area (Å²) < 4.78 is 1.48. The maximum absolute atomic E-state index is 11.2. The highest BCUT2D eigenvalue weighted by molar-refractivity contribution is 7.15. The van der Waals surface area contributed by atoms with Crippen LogP contribution in [0.5, 0.6) is 0 Å². The van der Waals surface area contributed by atoms with E-state index in [1.54, 1.807) is 11.6 Å². The summed E-state index contributed by atoms with van der Waals surface area (Å²) in [4.78, 5) is 15.7. The number of nitro groups is 1. The number of thiazole rings is 1. The molecular formula is C14H14N4O2S. The van der Waals surface area contributed by atoms with Crippen molar-refractivity contribution in [2.75, 3.05) is 5.32 Å². The van der Waals surface area contributed by atoms with E-state index in [-0.39, 0.29) is 11.6 Å². The zero-order chi connectivity index (χ0) is 14.8. The molecule has 0 saturated carbocycles. The number of rotatable bonds is 5. The molecule has 108 valence electrons. The Balaban J connectivity index is 1.92. The summed E-state index contributed by atoms with van der Waals surface area (Å²) in [5, 5.41) is 16.0. The normalized spacial score (nSPS) is 10.9. The second kappa shape index (κ2) is 5.53. The molecule has 0 radical (unpaired) electrons. The van der Waals surface area contributed by atoms with Gasteiger partial charge in [-0.2, -0.15) is 9.38 Å². The predicted octanol–water partition coefficient (Wildman–Crippen LogP) is 4.00. The molecule has 2 heterocycles. The van der Waals surface area contributed by atoms with E-state index in [9.17, 15) is 10.1 Å². The molecule has 1 aromatic carbocycles. The van der Waals surface area contributed by atoms with Crippen molar-refractivity contribution in [2.45, 2.75) is 19.8 Å². The Hall–Kier alpha value is -2.41. The fourth-order valence-electron chi connectivity index (χ4n) is 2.21. The van der Waals surface area contributed by atoms with Crippen LogP contribution >= 0.6 is 11.3 Å². The van der Waals surface area contributed by atoms with Gasteiger partial charge in [-0.15, -0.1) is 0 Å². The minimum absolute atomic E-state index is 0.0381. The Morgan fingerprint density at radius 3 is 2.81 bits per heavy atom. The Bertz CT molecular complexity index is 776. The van der Waals surface area contributed by atoms with Gasteiger partial charge in [0.15, 0.2) is 0 Å². The van der Waals surface area contributed by atoms with Crippen molar-refractivity contribution < 1.29 is 4.92 Å². The Morgan fingerprint density at radius 2 is 2.14 bits per heavy atom. The molecule has 1 N–H and O–H groups in total. The van der Waals surface area contributed by atoms with Gasteiger partial charge in [-0.3, -0.25) is 0 Å². The average Bonchev–Trinajstić information content (AvgIpc) is 3.01. The highest BCUT2D eigenvalue weighted by atomic mass is 32.1. The van der Waals surface area contributed by atoms with E-state index in [1.165, 1.54) is 21.3 Å². The van der Waals surface area contributed by atoms with Crippen LogP contribution in [0.3, 0.4) is 0 Å². The lowest BCUT2D eigenvalue weighted by Crippen LogP contribution is -1.98. The first-order chi connectivity index (χ1) is 10.2. The molecule has 7 heteroatoms. The van der Waals surface area contributed by atoms with Crippen LogP contribution in [0.1, 0.15) is 18.9 Å². The summed E-state index contributed by atoms with van der Waals surface area (Å²) >= 11 is 1.37. The number of benzene rings is 1. The van der Waals surface area contributed by atoms with E-state index in [1.807, 2.05) is 24.3 Å². The van der Waals surface area contributed by atoms with Crippen molar-refractivity contribution in [3.63, 3.8) is 0 Å². The average molecular weight is 302 g/mol. The van der Waals surface area contributed by atoms with Crippen molar-refractivity contribution in [1.82, 2.24) is 9.38 Å². The zero-order valence-electron chi connectivity index (χ0n) is 11.4. The van der Waals surface area contributed by atoms with Crippen molar-refractivity contribution in [3.8, 4) is 0 Å². The lowest BCUT2D eigenvalue weighted by atomic mass is 10.1. The lowest BCUT2D eigenvalue weighted by Gasteiger charge is -2.05. The first kappa shape index (κ1) is 13.6. The van der Waals surface area contributed by atoms with Crippen LogP contribution in [0.2, 0.25) is 0 Å². The highest BCUT2D eigenvalue weighted by Crippen LogP contribution is 2.30. The van der Waals surface area contributed by atoms with Crippen molar-refractivity contribution >= 4 is 33.6 Å². The molecule has 0 unspecified atom stereocenters. The lowest BCUT2D eigenvalue weighted by molar-refractivity contribution is -0.389. The summed E-state index contributed by atoms with van der Waals surface area (Å²) in [5.74, 6) is 0.235. The van der Waals surface area contributed by atoms with Gasteiger partial charge in [0.1, 0.15) is 6.20 Å². The van der Waals surface area contributed by atoms with Crippen LogP contribution < -0.4 is 5.32 Å². The van der Waals surface area contributed by atoms with Gasteiger partial charge in [-0.25, -0.2) is 0 Å². The topological polar surface area (TPSA) is 72.5 Å². The summed E-state index contributed by atoms with van der Waals surface area (Å²) in [6.45, 7) is 2.13. The number of anilines is 2. The molecular weight excluding hydrogens is 288 g/mol. The minimum atomic E-state index is -0.416. The quantitative estimate of drug-likeness (QED) is 0.571. The smallest absolute Gasteiger partial charge is 0.358 e. The van der Waals surface area contributed by atoms with Crippen LogP contribution in [0, 0.1) is 10.1 Å². The van der Waals surface area contributed by atoms with Gasteiger partial charge >= 0.3 is 5.82 Å². The molecule has 6 nitrogen and oxygen atoms in total. The molecule has 0 amide bonds. The van der Waals surface area contributed by atoms with Crippen molar-refractivity contribution in [1.29, 1.82) is 0 Å². The molecule has 3 rings (SSSR count). The van der Waals surface area contributed by atoms with E-state index < -0.39 is 4.92 Å². The molecule has 0 bridgehead atoms. The number of hydrogen-bond acceptors (Lipinski definition) is 5. The van der Waals surface area contributed by atoms with E-state index >= 15 is 0 Å². The van der Waals surface area contributed by atoms with Crippen LogP contribution in [0.25, 0.3) is 4.96 Å². The molecule has 0 saturated heterocycles. The number of fused-ring (bicyclic) bond motifs is 1. The zero-order valence-corrected chi connectivity index (χ0v) is 12.3. The van der Waals surface area contributed by atoms with Crippen molar-refractivity contribution in [3.05, 3.63) is 51.5 Å². The van der Waals surface area contributed by atoms with E-state index in [2.05, 4.69) is 17.2 Å². The molecule has 0 atom stereocenters. The number of hydrogen-bond donors (Lipinski definition) is 1. The molecule has 0 aliphatic carbocycles. The van der Waals surface area contributed by atoms with E-state index in [0.29, 0.717) is 4.96 Å². The van der Waals surface area contributed by atoms with Crippen molar-refractivity contribution in [2.24, 2.45) is 0 Å². The van der Waals surface area contributed by atoms with E-state index in [0.717, 1.165) is 18.5 Å². The monoisotopic (exact) mass is 302 g/mol. The fourth-order valence-corrected chi connectivity index (χ4v) is 2.92. The first-order valence-electron chi connectivity index (χ1n) is 6.65. The molecule has 0 aliphatic rings. The molecule has 0 aliphatic heterocycles. The SMILES string of the molecule is CCCc1ccc(Nc2nc3sccn3c2[N+](=O)[O-])cc1. The summed E-state index contributed by atoms with van der Waals surface area (Å²) in [6, 6.07) is 7.89. The third kappa shape index (κ3) is 2.59. The molecule has 3 aromatic rings. The highest BCUT2D eigenvalue weighted by Gasteiger charge is 2.23. The summed E-state index contributed by atoms with van der Waals surface area (Å²) in [6.07, 6.45) is 3.77. The minimum Gasteiger partial charge on any atom is -0.358 e. The third-order valence-electron chi connectivity index (χ3n) is 3.17. The number of aromatic nitrogens is 2. The van der Waals surface area contributed by atoms with Gasteiger partial charge in [0.05, 0.1) is 0 Å². The Labute approximate surface area is 125 Å². The second-order valence-corrected chi connectivity index (χ2v) is 5.54. The molecule has 0 spiro atoms.